The van der Waals surface area contributed by atoms with Gasteiger partial charge in [-0.05, 0) is 74.2 Å². The molecule has 0 atom stereocenters. The highest BCUT2D eigenvalue weighted by molar-refractivity contribution is 5.77. The predicted molar refractivity (Wildman–Crippen MR) is 168 cm³/mol. The van der Waals surface area contributed by atoms with Crippen LogP contribution in [-0.4, -0.2) is 105 Å². The number of methoxy groups -OCH3 is 2. The van der Waals surface area contributed by atoms with Crippen LogP contribution in [0, 0.1) is 11.8 Å². The van der Waals surface area contributed by atoms with E-state index in [1.165, 1.54) is 0 Å². The van der Waals surface area contributed by atoms with Crippen LogP contribution in [0.5, 0.6) is 23.0 Å². The topological polar surface area (TPSA) is 126 Å². The normalized spacial score (nSPS) is 16.1. The predicted octanol–water partition coefficient (Wildman–Crippen LogP) is 4.12. The van der Waals surface area contributed by atoms with Crippen molar-refractivity contribution in [3.05, 3.63) is 48.5 Å². The maximum Gasteiger partial charge on any atom is 0.314 e. The summed E-state index contributed by atoms with van der Waals surface area (Å²) in [7, 11) is 3.26. The van der Waals surface area contributed by atoms with Crippen LogP contribution in [0.2, 0.25) is 0 Å². The lowest BCUT2D eigenvalue weighted by molar-refractivity contribution is -0.145. The van der Waals surface area contributed by atoms with Crippen molar-refractivity contribution in [2.75, 3.05) is 93.5 Å². The summed E-state index contributed by atoms with van der Waals surface area (Å²) in [6.07, 6.45) is 2.24. The number of benzene rings is 2. The smallest absolute Gasteiger partial charge is 0.314 e. The second-order valence-electron chi connectivity index (χ2n) is 10.5. The van der Waals surface area contributed by atoms with Crippen LogP contribution in [0.1, 0.15) is 25.7 Å². The van der Waals surface area contributed by atoms with Gasteiger partial charge in [-0.2, -0.15) is 0 Å². The van der Waals surface area contributed by atoms with Gasteiger partial charge >= 0.3 is 11.9 Å². The molecule has 2 aromatic rings. The Bertz CT molecular complexity index is 997. The molecule has 0 amide bonds. The van der Waals surface area contributed by atoms with E-state index in [2.05, 4.69) is 0 Å². The first kappa shape index (κ1) is 37.2. The second-order valence-corrected chi connectivity index (χ2v) is 10.5. The van der Waals surface area contributed by atoms with Gasteiger partial charge in [0.15, 0.2) is 0 Å². The van der Waals surface area contributed by atoms with Crippen molar-refractivity contribution in [2.45, 2.75) is 25.7 Å². The molecular weight excluding hydrogens is 600 g/mol. The molecule has 0 unspecified atom stereocenters. The van der Waals surface area contributed by atoms with E-state index in [0.29, 0.717) is 128 Å². The molecule has 0 radical (unpaired) electrons. The molecule has 12 nitrogen and oxygen atoms in total. The highest BCUT2D eigenvalue weighted by atomic mass is 16.6. The van der Waals surface area contributed by atoms with Crippen molar-refractivity contribution in [1.29, 1.82) is 0 Å². The Morgan fingerprint density at radius 1 is 0.457 bits per heavy atom. The standard InChI is InChI=1S/C34H48O12/c1-37-15-17-39-19-21-41-23-25-43-29-7-11-31(12-8-29)45-33(35)27-3-5-28(6-4-27)34(36)46-32-13-9-30(10-14-32)44-26-24-42-22-20-40-18-16-38-2/h7-14,27-28H,3-6,15-26H2,1-2H3. The fraction of sp³-hybridized carbons (Fsp3) is 0.588. The zero-order valence-electron chi connectivity index (χ0n) is 27.0. The second kappa shape index (κ2) is 23.1. The van der Waals surface area contributed by atoms with E-state index in [1.807, 2.05) is 0 Å². The Morgan fingerprint density at radius 2 is 0.739 bits per heavy atom. The number of esters is 2. The lowest BCUT2D eigenvalue weighted by Crippen LogP contribution is -2.30. The number of ether oxygens (including phenoxy) is 10. The molecular formula is C34H48O12. The van der Waals surface area contributed by atoms with Crippen molar-refractivity contribution >= 4 is 11.9 Å². The van der Waals surface area contributed by atoms with E-state index in [0.717, 1.165) is 0 Å². The average molecular weight is 649 g/mol. The highest BCUT2D eigenvalue weighted by Crippen LogP contribution is 2.32. The Hall–Kier alpha value is -3.26. The minimum atomic E-state index is -0.294. The maximum absolute atomic E-state index is 12.7. The van der Waals surface area contributed by atoms with Gasteiger partial charge in [0.2, 0.25) is 0 Å². The van der Waals surface area contributed by atoms with E-state index in [-0.39, 0.29) is 23.8 Å². The van der Waals surface area contributed by atoms with E-state index in [4.69, 9.17) is 47.4 Å². The van der Waals surface area contributed by atoms with E-state index < -0.39 is 0 Å². The number of rotatable bonds is 24. The molecule has 3 rings (SSSR count). The first-order valence-electron chi connectivity index (χ1n) is 15.8. The van der Waals surface area contributed by atoms with Crippen LogP contribution in [-0.2, 0) is 38.0 Å². The number of carbonyl (C=O) groups is 2. The van der Waals surface area contributed by atoms with Gasteiger partial charge in [0, 0.05) is 14.2 Å². The quantitative estimate of drug-likeness (QED) is 0.0923. The molecule has 1 aliphatic carbocycles. The summed E-state index contributed by atoms with van der Waals surface area (Å²) in [6.45, 7) is 5.86. The van der Waals surface area contributed by atoms with Gasteiger partial charge in [-0.25, -0.2) is 0 Å². The minimum Gasteiger partial charge on any atom is -0.491 e. The monoisotopic (exact) mass is 648 g/mol. The van der Waals surface area contributed by atoms with Crippen LogP contribution >= 0.6 is 0 Å². The highest BCUT2D eigenvalue weighted by Gasteiger charge is 2.32. The average Bonchev–Trinajstić information content (AvgIpc) is 3.08. The van der Waals surface area contributed by atoms with Crippen molar-refractivity contribution in [1.82, 2.24) is 0 Å². The van der Waals surface area contributed by atoms with Crippen LogP contribution < -0.4 is 18.9 Å². The summed E-state index contributed by atoms with van der Waals surface area (Å²) < 4.78 is 53.9. The molecule has 0 spiro atoms. The molecule has 0 bridgehead atoms. The summed E-state index contributed by atoms with van der Waals surface area (Å²) in [5.41, 5.74) is 0. The summed E-state index contributed by atoms with van der Waals surface area (Å²) in [4.78, 5) is 25.5. The third-order valence-corrected chi connectivity index (χ3v) is 7.08. The van der Waals surface area contributed by atoms with Gasteiger partial charge in [-0.1, -0.05) is 0 Å². The van der Waals surface area contributed by atoms with E-state index in [9.17, 15) is 9.59 Å². The van der Waals surface area contributed by atoms with Crippen LogP contribution in [0.3, 0.4) is 0 Å². The van der Waals surface area contributed by atoms with Crippen molar-refractivity contribution < 1.29 is 57.0 Å². The Labute approximate surface area is 271 Å². The van der Waals surface area contributed by atoms with Crippen LogP contribution in [0.15, 0.2) is 48.5 Å². The molecule has 1 fully saturated rings. The lowest BCUT2D eigenvalue weighted by atomic mass is 9.82. The van der Waals surface area contributed by atoms with Gasteiger partial charge in [0.05, 0.1) is 77.9 Å². The first-order valence-corrected chi connectivity index (χ1v) is 15.8. The van der Waals surface area contributed by atoms with Crippen LogP contribution in [0.25, 0.3) is 0 Å². The van der Waals surface area contributed by atoms with E-state index >= 15 is 0 Å². The van der Waals surface area contributed by atoms with Gasteiger partial charge in [-0.15, -0.1) is 0 Å². The van der Waals surface area contributed by atoms with Crippen LogP contribution in [0.4, 0.5) is 0 Å². The molecule has 0 heterocycles. The summed E-state index contributed by atoms with van der Waals surface area (Å²) in [6, 6.07) is 13.8. The minimum absolute atomic E-state index is 0.265. The van der Waals surface area contributed by atoms with Crippen molar-refractivity contribution in [2.24, 2.45) is 11.8 Å². The summed E-state index contributed by atoms with van der Waals surface area (Å²) in [5.74, 6) is 1.09. The SMILES string of the molecule is COCCOCCOCCOc1ccc(OC(=O)C2CCC(C(=O)Oc3ccc(OCCOCCOCCOC)cc3)CC2)cc1. The largest absolute Gasteiger partial charge is 0.491 e. The third kappa shape index (κ3) is 15.4. The zero-order valence-corrected chi connectivity index (χ0v) is 27.0. The number of hydrogen-bond donors (Lipinski definition) is 0. The molecule has 1 saturated carbocycles. The molecule has 46 heavy (non-hydrogen) atoms. The number of hydrogen-bond acceptors (Lipinski definition) is 12. The van der Waals surface area contributed by atoms with Crippen molar-refractivity contribution in [3.8, 4) is 23.0 Å². The van der Waals surface area contributed by atoms with Crippen molar-refractivity contribution in [3.63, 3.8) is 0 Å². The lowest BCUT2D eigenvalue weighted by Gasteiger charge is -2.25. The molecule has 256 valence electrons. The summed E-state index contributed by atoms with van der Waals surface area (Å²) in [5, 5.41) is 0. The third-order valence-electron chi connectivity index (χ3n) is 7.08. The maximum atomic E-state index is 12.7. The Kier molecular flexibility index (Phi) is 18.7. The molecule has 0 saturated heterocycles. The molecule has 2 aromatic carbocycles. The Balaban J connectivity index is 1.25. The Morgan fingerprint density at radius 3 is 1.07 bits per heavy atom. The zero-order chi connectivity index (χ0) is 32.7. The van der Waals surface area contributed by atoms with Gasteiger partial charge in [0.25, 0.3) is 0 Å². The van der Waals surface area contributed by atoms with Gasteiger partial charge in [0.1, 0.15) is 36.2 Å². The molecule has 0 aromatic heterocycles. The first-order chi connectivity index (χ1) is 22.6. The molecule has 0 N–H and O–H groups in total. The van der Waals surface area contributed by atoms with Gasteiger partial charge in [-0.3, -0.25) is 9.59 Å². The molecule has 12 heteroatoms. The fourth-order valence-electron chi connectivity index (χ4n) is 4.54. The summed E-state index contributed by atoms with van der Waals surface area (Å²) >= 11 is 0. The molecule has 1 aliphatic rings. The molecule has 0 aliphatic heterocycles. The van der Waals surface area contributed by atoms with Gasteiger partial charge < -0.3 is 47.4 Å². The van der Waals surface area contributed by atoms with E-state index in [1.54, 1.807) is 62.8 Å². The number of carbonyl (C=O) groups excluding carboxylic acids is 2. The fourth-order valence-corrected chi connectivity index (χ4v) is 4.54.